The average Bonchev–Trinajstić information content (AvgIpc) is 2.66. The Bertz CT molecular complexity index is 544. The highest BCUT2D eigenvalue weighted by molar-refractivity contribution is 6.22. The Morgan fingerprint density at radius 1 is 1.50 bits per heavy atom. The fourth-order valence-electron chi connectivity index (χ4n) is 1.94. The fourth-order valence-corrected chi connectivity index (χ4v) is 1.94. The van der Waals surface area contributed by atoms with Gasteiger partial charge in [-0.3, -0.25) is 9.79 Å². The first-order valence-electron chi connectivity index (χ1n) is 5.85. The van der Waals surface area contributed by atoms with E-state index in [2.05, 4.69) is 16.4 Å². The molecule has 94 valence electrons. The lowest BCUT2D eigenvalue weighted by atomic mass is 10.1. The second-order valence-corrected chi connectivity index (χ2v) is 4.40. The van der Waals surface area contributed by atoms with Crippen molar-refractivity contribution in [1.82, 2.24) is 5.32 Å². The highest BCUT2D eigenvalue weighted by Crippen LogP contribution is 2.12. The molecule has 4 heteroatoms. The van der Waals surface area contributed by atoms with Crippen molar-refractivity contribution in [3.63, 3.8) is 0 Å². The molecule has 1 heterocycles. The van der Waals surface area contributed by atoms with Crippen molar-refractivity contribution in [1.29, 1.82) is 0 Å². The van der Waals surface area contributed by atoms with E-state index in [0.717, 1.165) is 5.56 Å². The molecule has 1 aliphatic heterocycles. The van der Waals surface area contributed by atoms with Crippen molar-refractivity contribution >= 4 is 11.6 Å². The number of aliphatic hydroxyl groups excluding tert-OH is 1. The van der Waals surface area contributed by atoms with Gasteiger partial charge in [-0.1, -0.05) is 29.8 Å². The number of aryl methyl sites for hydroxylation is 1. The average molecular weight is 244 g/mol. The maximum Gasteiger partial charge on any atom is 0.256 e. The molecule has 2 N–H and O–H groups in total. The van der Waals surface area contributed by atoms with E-state index in [1.54, 1.807) is 6.92 Å². The number of nitrogens with one attached hydrogen (secondary N) is 1. The lowest BCUT2D eigenvalue weighted by molar-refractivity contribution is -0.116. The Balaban J connectivity index is 2.15. The minimum Gasteiger partial charge on any atom is -0.510 e. The van der Waals surface area contributed by atoms with Gasteiger partial charge < -0.3 is 10.4 Å². The fraction of sp³-hybridized carbons (Fsp3) is 0.286. The number of rotatable bonds is 3. The number of hydrogen-bond donors (Lipinski definition) is 2. The van der Waals surface area contributed by atoms with Crippen molar-refractivity contribution in [2.75, 3.05) is 6.54 Å². The summed E-state index contributed by atoms with van der Waals surface area (Å²) in [5, 5.41) is 12.2. The maximum atomic E-state index is 11.5. The van der Waals surface area contributed by atoms with Crippen LogP contribution in [0, 0.1) is 6.92 Å². The molecule has 1 amide bonds. The molecule has 0 saturated carbocycles. The van der Waals surface area contributed by atoms with E-state index < -0.39 is 0 Å². The molecule has 18 heavy (non-hydrogen) atoms. The first kappa shape index (κ1) is 12.4. The minimum atomic E-state index is -0.252. The summed E-state index contributed by atoms with van der Waals surface area (Å²) in [6.07, 6.45) is 0. The van der Waals surface area contributed by atoms with Gasteiger partial charge in [0.1, 0.15) is 5.76 Å². The second-order valence-electron chi connectivity index (χ2n) is 4.40. The van der Waals surface area contributed by atoms with Crippen LogP contribution in [0.4, 0.5) is 0 Å². The Hall–Kier alpha value is -2.10. The van der Waals surface area contributed by atoms with Gasteiger partial charge in [-0.15, -0.1) is 0 Å². The molecule has 0 bridgehead atoms. The first-order valence-corrected chi connectivity index (χ1v) is 5.85. The van der Waals surface area contributed by atoms with Gasteiger partial charge in [-0.25, -0.2) is 0 Å². The number of carbonyl (C=O) groups is 1. The lowest BCUT2D eigenvalue weighted by Gasteiger charge is -2.02. The summed E-state index contributed by atoms with van der Waals surface area (Å²) in [6.45, 7) is 4.48. The molecular formula is C14H16N2O2. The monoisotopic (exact) mass is 244 g/mol. The van der Waals surface area contributed by atoms with Crippen molar-refractivity contribution in [2.24, 2.45) is 4.99 Å². The van der Waals surface area contributed by atoms with Gasteiger partial charge >= 0.3 is 0 Å². The molecule has 2 rings (SSSR count). The zero-order valence-corrected chi connectivity index (χ0v) is 10.5. The van der Waals surface area contributed by atoms with E-state index in [9.17, 15) is 9.90 Å². The molecule has 0 saturated heterocycles. The summed E-state index contributed by atoms with van der Waals surface area (Å²) < 4.78 is 0. The molecule has 0 aromatic heterocycles. The summed E-state index contributed by atoms with van der Waals surface area (Å²) >= 11 is 0. The van der Waals surface area contributed by atoms with Crippen molar-refractivity contribution in [3.05, 3.63) is 46.7 Å². The number of hydrogen-bond acceptors (Lipinski definition) is 3. The minimum absolute atomic E-state index is 0.0745. The molecule has 0 atom stereocenters. The molecule has 1 aromatic carbocycles. The van der Waals surface area contributed by atoms with E-state index in [1.807, 2.05) is 25.1 Å². The number of amides is 1. The molecule has 0 fully saturated rings. The van der Waals surface area contributed by atoms with Crippen LogP contribution in [0.15, 0.2) is 40.6 Å². The van der Waals surface area contributed by atoms with Gasteiger partial charge in [0.2, 0.25) is 0 Å². The van der Waals surface area contributed by atoms with E-state index in [1.165, 1.54) is 5.56 Å². The first-order chi connectivity index (χ1) is 8.58. The normalized spacial score (nSPS) is 16.1. The van der Waals surface area contributed by atoms with Gasteiger partial charge in [0.25, 0.3) is 5.91 Å². The second kappa shape index (κ2) is 5.04. The van der Waals surface area contributed by atoms with Crippen LogP contribution in [0.3, 0.4) is 0 Å². The quantitative estimate of drug-likeness (QED) is 0.798. The summed E-state index contributed by atoms with van der Waals surface area (Å²) in [6, 6.07) is 8.06. The molecule has 0 radical (unpaired) electrons. The van der Waals surface area contributed by atoms with Crippen LogP contribution in [0.2, 0.25) is 0 Å². The summed E-state index contributed by atoms with van der Waals surface area (Å²) in [4.78, 5) is 15.8. The van der Waals surface area contributed by atoms with Crippen LogP contribution in [-0.2, 0) is 11.3 Å². The topological polar surface area (TPSA) is 61.7 Å². The predicted octanol–water partition coefficient (Wildman–Crippen LogP) is 1.90. The van der Waals surface area contributed by atoms with E-state index in [4.69, 9.17) is 0 Å². The number of nitrogens with zero attached hydrogens (tertiary/aromatic N) is 1. The molecule has 1 aromatic rings. The third kappa shape index (κ3) is 2.59. The molecule has 0 aliphatic carbocycles. The van der Waals surface area contributed by atoms with Crippen LogP contribution >= 0.6 is 0 Å². The van der Waals surface area contributed by atoms with Gasteiger partial charge in [-0.05, 0) is 19.4 Å². The zero-order chi connectivity index (χ0) is 13.1. The summed E-state index contributed by atoms with van der Waals surface area (Å²) in [7, 11) is 0. The van der Waals surface area contributed by atoms with Crippen molar-refractivity contribution in [3.8, 4) is 0 Å². The van der Waals surface area contributed by atoms with Crippen LogP contribution in [0.1, 0.15) is 18.1 Å². The molecule has 1 aliphatic rings. The molecule has 0 unspecified atom stereocenters. The van der Waals surface area contributed by atoms with E-state index in [0.29, 0.717) is 17.8 Å². The van der Waals surface area contributed by atoms with Crippen LogP contribution in [0.25, 0.3) is 0 Å². The van der Waals surface area contributed by atoms with Crippen LogP contribution < -0.4 is 5.32 Å². The predicted molar refractivity (Wildman–Crippen MR) is 70.7 cm³/mol. The van der Waals surface area contributed by atoms with Gasteiger partial charge in [0.05, 0.1) is 18.7 Å². The number of benzene rings is 1. The molecular weight excluding hydrogens is 228 g/mol. The third-order valence-corrected chi connectivity index (χ3v) is 2.88. The summed E-state index contributed by atoms with van der Waals surface area (Å²) in [5.74, 6) is -0.177. The smallest absolute Gasteiger partial charge is 0.256 e. The van der Waals surface area contributed by atoms with E-state index >= 15 is 0 Å². The Morgan fingerprint density at radius 2 is 2.28 bits per heavy atom. The van der Waals surface area contributed by atoms with E-state index in [-0.39, 0.29) is 18.2 Å². The van der Waals surface area contributed by atoms with Crippen LogP contribution in [-0.4, -0.2) is 23.3 Å². The highest BCUT2D eigenvalue weighted by Gasteiger charge is 2.24. The molecule has 0 spiro atoms. The zero-order valence-electron chi connectivity index (χ0n) is 10.5. The SMILES string of the molecule is CC(=NCc1cccc(C)c1)C1=C(O)CNC1=O. The number of aliphatic imine (C=N–C) groups is 1. The van der Waals surface area contributed by atoms with Crippen LogP contribution in [0.5, 0.6) is 0 Å². The van der Waals surface area contributed by atoms with Crippen molar-refractivity contribution < 1.29 is 9.90 Å². The largest absolute Gasteiger partial charge is 0.510 e. The Kier molecular flexibility index (Phi) is 3.46. The van der Waals surface area contributed by atoms with Gasteiger partial charge in [0, 0.05) is 5.71 Å². The number of aliphatic hydroxyl groups is 1. The van der Waals surface area contributed by atoms with Gasteiger partial charge in [-0.2, -0.15) is 0 Å². The Morgan fingerprint density at radius 3 is 2.89 bits per heavy atom. The van der Waals surface area contributed by atoms with Crippen molar-refractivity contribution in [2.45, 2.75) is 20.4 Å². The number of carbonyl (C=O) groups excluding carboxylic acids is 1. The maximum absolute atomic E-state index is 11.5. The standard InChI is InChI=1S/C14H16N2O2/c1-9-4-3-5-11(6-9)7-15-10(2)13-12(17)8-16-14(13)18/h3-6,17H,7-8H2,1-2H3,(H,16,18). The highest BCUT2D eigenvalue weighted by atomic mass is 16.3. The third-order valence-electron chi connectivity index (χ3n) is 2.88. The van der Waals surface area contributed by atoms with Gasteiger partial charge in [0.15, 0.2) is 0 Å². The lowest BCUT2D eigenvalue weighted by Crippen LogP contribution is -2.20. The Labute approximate surface area is 106 Å². The summed E-state index contributed by atoms with van der Waals surface area (Å²) in [5.41, 5.74) is 3.15. The molecule has 4 nitrogen and oxygen atoms in total.